The van der Waals surface area contributed by atoms with Gasteiger partial charge >= 0.3 is 6.09 Å². The second kappa shape index (κ2) is 7.22. The number of hydrogen-bond acceptors (Lipinski definition) is 3. The normalized spacial score (nSPS) is 19.7. The molecule has 1 heterocycles. The van der Waals surface area contributed by atoms with Gasteiger partial charge in [-0.05, 0) is 51.3 Å². The van der Waals surface area contributed by atoms with Gasteiger partial charge in [-0.3, -0.25) is 4.79 Å². The molecule has 0 spiro atoms. The summed E-state index contributed by atoms with van der Waals surface area (Å²) in [6.07, 6.45) is 2.59. The van der Waals surface area contributed by atoms with Gasteiger partial charge in [0.25, 0.3) is 0 Å². The zero-order valence-electron chi connectivity index (χ0n) is 15.8. The van der Waals surface area contributed by atoms with Crippen molar-refractivity contribution in [2.24, 2.45) is 0 Å². The van der Waals surface area contributed by atoms with Gasteiger partial charge in [-0.1, -0.05) is 34.5 Å². The zero-order chi connectivity index (χ0) is 18.9. The average molecular weight is 423 g/mol. The van der Waals surface area contributed by atoms with Gasteiger partial charge in [-0.25, -0.2) is 4.79 Å². The number of nitrogens with zero attached hydrogens (tertiary/aromatic N) is 2. The predicted octanol–water partition coefficient (Wildman–Crippen LogP) is 3.95. The maximum Gasteiger partial charge on any atom is 0.410 e. The van der Waals surface area contributed by atoms with Crippen LogP contribution in [0.25, 0.3) is 0 Å². The summed E-state index contributed by atoms with van der Waals surface area (Å²) in [5, 5.41) is 0. The van der Waals surface area contributed by atoms with Crippen molar-refractivity contribution in [2.45, 2.75) is 51.0 Å². The van der Waals surface area contributed by atoms with Crippen LogP contribution in [0.3, 0.4) is 0 Å². The summed E-state index contributed by atoms with van der Waals surface area (Å²) >= 11 is 3.46. The number of piperazine rings is 1. The van der Waals surface area contributed by atoms with E-state index >= 15 is 0 Å². The van der Waals surface area contributed by atoms with E-state index in [9.17, 15) is 9.59 Å². The first-order chi connectivity index (χ1) is 12.2. The van der Waals surface area contributed by atoms with Crippen molar-refractivity contribution in [1.82, 2.24) is 9.80 Å². The Morgan fingerprint density at radius 1 is 1.00 bits per heavy atom. The molecule has 1 saturated carbocycles. The van der Waals surface area contributed by atoms with Crippen LogP contribution in [0.5, 0.6) is 0 Å². The Hall–Kier alpha value is -1.56. The van der Waals surface area contributed by atoms with Gasteiger partial charge in [0.1, 0.15) is 5.60 Å². The first-order valence-corrected chi connectivity index (χ1v) is 10.0. The Bertz CT molecular complexity index is 669. The fourth-order valence-electron chi connectivity index (χ4n) is 3.65. The molecule has 1 aliphatic carbocycles. The van der Waals surface area contributed by atoms with Gasteiger partial charge in [-0.2, -0.15) is 0 Å². The lowest BCUT2D eigenvalue weighted by Gasteiger charge is -2.46. The number of hydrogen-bond donors (Lipinski definition) is 0. The number of carbonyl (C=O) groups excluding carboxylic acids is 2. The quantitative estimate of drug-likeness (QED) is 0.724. The lowest BCUT2D eigenvalue weighted by molar-refractivity contribution is -0.142. The van der Waals surface area contributed by atoms with E-state index in [4.69, 9.17) is 4.74 Å². The van der Waals surface area contributed by atoms with E-state index < -0.39 is 5.60 Å². The maximum absolute atomic E-state index is 13.3. The van der Waals surface area contributed by atoms with E-state index in [-0.39, 0.29) is 17.4 Å². The van der Waals surface area contributed by atoms with Crippen LogP contribution >= 0.6 is 15.9 Å². The van der Waals surface area contributed by atoms with Crippen LogP contribution in [0.15, 0.2) is 28.7 Å². The molecule has 1 saturated heterocycles. The van der Waals surface area contributed by atoms with Crippen LogP contribution in [0.4, 0.5) is 4.79 Å². The van der Waals surface area contributed by atoms with Crippen molar-refractivity contribution >= 4 is 27.9 Å². The van der Waals surface area contributed by atoms with Crippen molar-refractivity contribution in [1.29, 1.82) is 0 Å². The fraction of sp³-hybridized carbons (Fsp3) is 0.600. The van der Waals surface area contributed by atoms with Gasteiger partial charge in [0.15, 0.2) is 0 Å². The Morgan fingerprint density at radius 2 is 1.54 bits per heavy atom. The zero-order valence-corrected chi connectivity index (χ0v) is 17.3. The highest BCUT2D eigenvalue weighted by atomic mass is 79.9. The van der Waals surface area contributed by atoms with Gasteiger partial charge < -0.3 is 14.5 Å². The number of benzene rings is 1. The molecule has 2 amide bonds. The van der Waals surface area contributed by atoms with Gasteiger partial charge in [-0.15, -0.1) is 0 Å². The van der Waals surface area contributed by atoms with Crippen LogP contribution in [0.2, 0.25) is 0 Å². The molecule has 1 aromatic carbocycles. The van der Waals surface area contributed by atoms with E-state index in [0.29, 0.717) is 26.2 Å². The molecule has 0 N–H and O–H groups in total. The Morgan fingerprint density at radius 3 is 2.00 bits per heavy atom. The Kier molecular flexibility index (Phi) is 5.33. The van der Waals surface area contributed by atoms with Crippen molar-refractivity contribution in [3.63, 3.8) is 0 Å². The summed E-state index contributed by atoms with van der Waals surface area (Å²) in [5.74, 6) is 0.204. The molecule has 0 atom stereocenters. The minimum atomic E-state index is -0.498. The third-order valence-electron chi connectivity index (χ3n) is 5.23. The van der Waals surface area contributed by atoms with Crippen molar-refractivity contribution < 1.29 is 14.3 Å². The van der Waals surface area contributed by atoms with Crippen molar-refractivity contribution in [2.75, 3.05) is 26.2 Å². The molecule has 142 valence electrons. The summed E-state index contributed by atoms with van der Waals surface area (Å²) in [4.78, 5) is 29.1. The topological polar surface area (TPSA) is 49.9 Å². The maximum atomic E-state index is 13.3. The number of ether oxygens (including phenoxy) is 1. The van der Waals surface area contributed by atoms with Crippen molar-refractivity contribution in [3.05, 3.63) is 34.3 Å². The van der Waals surface area contributed by atoms with Gasteiger partial charge in [0.2, 0.25) is 5.91 Å². The number of rotatable bonds is 2. The summed E-state index contributed by atoms with van der Waals surface area (Å²) in [5.41, 5.74) is 0.225. The van der Waals surface area contributed by atoms with E-state index in [1.54, 1.807) is 4.90 Å². The minimum Gasteiger partial charge on any atom is -0.444 e. The molecule has 26 heavy (non-hydrogen) atoms. The largest absolute Gasteiger partial charge is 0.444 e. The highest BCUT2D eigenvalue weighted by Gasteiger charge is 2.48. The standard InChI is InChI=1S/C20H27BrN2O3/c1-19(2,3)26-18(25)23-13-11-22(12-14-23)17(24)20(9-4-10-20)15-5-7-16(21)8-6-15/h5-8H,4,9-14H2,1-3H3. The summed E-state index contributed by atoms with van der Waals surface area (Å²) in [6, 6.07) is 8.11. The minimum absolute atomic E-state index is 0.204. The molecule has 2 fully saturated rings. The molecule has 0 radical (unpaired) electrons. The van der Waals surface area contributed by atoms with Crippen LogP contribution in [-0.2, 0) is 14.9 Å². The number of amides is 2. The van der Waals surface area contributed by atoms with Crippen LogP contribution in [-0.4, -0.2) is 53.6 Å². The SMILES string of the molecule is CC(C)(C)OC(=O)N1CCN(C(=O)C2(c3ccc(Br)cc3)CCC2)CC1. The average Bonchev–Trinajstić information content (AvgIpc) is 2.54. The van der Waals surface area contributed by atoms with Gasteiger partial charge in [0, 0.05) is 30.7 Å². The molecule has 2 aliphatic rings. The highest BCUT2D eigenvalue weighted by molar-refractivity contribution is 9.10. The molecule has 5 nitrogen and oxygen atoms in total. The Labute approximate surface area is 163 Å². The summed E-state index contributed by atoms with van der Waals surface area (Å²) in [7, 11) is 0. The number of halogens is 1. The molecule has 6 heteroatoms. The molecule has 0 bridgehead atoms. The van der Waals surface area contributed by atoms with E-state index in [1.165, 1.54) is 0 Å². The lowest BCUT2D eigenvalue weighted by atomic mass is 9.63. The molecule has 0 aromatic heterocycles. The second-order valence-electron chi connectivity index (χ2n) is 8.20. The third kappa shape index (κ3) is 3.90. The van der Waals surface area contributed by atoms with Crippen LogP contribution in [0.1, 0.15) is 45.6 Å². The second-order valence-corrected chi connectivity index (χ2v) is 9.12. The number of carbonyl (C=O) groups is 2. The summed E-state index contributed by atoms with van der Waals surface area (Å²) < 4.78 is 6.45. The predicted molar refractivity (Wildman–Crippen MR) is 104 cm³/mol. The first kappa shape index (κ1) is 19.2. The molecular formula is C20H27BrN2O3. The smallest absolute Gasteiger partial charge is 0.410 e. The molecule has 1 aromatic rings. The Balaban J connectivity index is 1.64. The van der Waals surface area contributed by atoms with E-state index in [1.807, 2.05) is 37.8 Å². The fourth-order valence-corrected chi connectivity index (χ4v) is 3.91. The highest BCUT2D eigenvalue weighted by Crippen LogP contribution is 2.45. The molecule has 3 rings (SSSR count). The van der Waals surface area contributed by atoms with Gasteiger partial charge in [0.05, 0.1) is 5.41 Å². The third-order valence-corrected chi connectivity index (χ3v) is 5.76. The molecule has 0 unspecified atom stereocenters. The molecule has 1 aliphatic heterocycles. The van der Waals surface area contributed by atoms with Crippen molar-refractivity contribution in [3.8, 4) is 0 Å². The van der Waals surface area contributed by atoms with Crippen LogP contribution in [0, 0.1) is 0 Å². The first-order valence-electron chi connectivity index (χ1n) is 9.25. The lowest BCUT2D eigenvalue weighted by Crippen LogP contribution is -2.57. The molecular weight excluding hydrogens is 396 g/mol. The monoisotopic (exact) mass is 422 g/mol. The van der Waals surface area contributed by atoms with E-state index in [2.05, 4.69) is 28.1 Å². The summed E-state index contributed by atoms with van der Waals surface area (Å²) in [6.45, 7) is 7.77. The van der Waals surface area contributed by atoms with Crippen LogP contribution < -0.4 is 0 Å². The van der Waals surface area contributed by atoms with E-state index in [0.717, 1.165) is 29.3 Å².